The normalized spacial score (nSPS) is 19.6. The molecule has 0 N–H and O–H groups in total. The molecule has 150 valence electrons. The van der Waals surface area contributed by atoms with Gasteiger partial charge in [-0.25, -0.2) is 0 Å². The van der Waals surface area contributed by atoms with Crippen LogP contribution in [0.3, 0.4) is 0 Å². The Bertz CT molecular complexity index is 743. The molecule has 0 bridgehead atoms. The van der Waals surface area contributed by atoms with Gasteiger partial charge >= 0.3 is 0 Å². The molecule has 0 saturated carbocycles. The first-order valence-corrected chi connectivity index (χ1v) is 10.3. The van der Waals surface area contributed by atoms with Gasteiger partial charge in [-0.2, -0.15) is 0 Å². The van der Waals surface area contributed by atoms with Crippen molar-refractivity contribution in [2.24, 2.45) is 0 Å². The highest BCUT2D eigenvalue weighted by atomic mass is 16.5. The average Bonchev–Trinajstić information content (AvgIpc) is 2.74. The predicted octanol–water partition coefficient (Wildman–Crippen LogP) is 4.17. The van der Waals surface area contributed by atoms with Crippen molar-refractivity contribution in [3.05, 3.63) is 71.3 Å². The summed E-state index contributed by atoms with van der Waals surface area (Å²) in [5, 5.41) is 0. The second-order valence-electron chi connectivity index (χ2n) is 7.72. The predicted molar refractivity (Wildman–Crippen MR) is 114 cm³/mol. The molecule has 1 fully saturated rings. The third-order valence-corrected chi connectivity index (χ3v) is 5.64. The van der Waals surface area contributed by atoms with Crippen LogP contribution >= 0.6 is 0 Å². The topological polar surface area (TPSA) is 32.8 Å². The lowest BCUT2D eigenvalue weighted by Crippen LogP contribution is -2.41. The minimum atomic E-state index is 0.0343. The van der Waals surface area contributed by atoms with E-state index in [9.17, 15) is 4.79 Å². The lowest BCUT2D eigenvalue weighted by molar-refractivity contribution is -0.0274. The van der Waals surface area contributed by atoms with Crippen molar-refractivity contribution >= 4 is 5.91 Å². The van der Waals surface area contributed by atoms with Crippen molar-refractivity contribution < 1.29 is 9.53 Å². The fourth-order valence-electron chi connectivity index (χ4n) is 3.96. The van der Waals surface area contributed by atoms with Crippen LogP contribution in [0.15, 0.2) is 54.6 Å². The first-order chi connectivity index (χ1) is 13.6. The molecule has 1 saturated heterocycles. The third-order valence-electron chi connectivity index (χ3n) is 5.64. The van der Waals surface area contributed by atoms with Gasteiger partial charge in [0.15, 0.2) is 0 Å². The zero-order valence-corrected chi connectivity index (χ0v) is 17.3. The molecular formula is C24H32N2O2. The lowest BCUT2D eigenvalue weighted by Gasteiger charge is -2.37. The van der Waals surface area contributed by atoms with E-state index in [1.54, 1.807) is 19.0 Å². The Labute approximate surface area is 169 Å². The van der Waals surface area contributed by atoms with E-state index >= 15 is 0 Å². The van der Waals surface area contributed by atoms with Gasteiger partial charge in [0.25, 0.3) is 5.91 Å². The summed E-state index contributed by atoms with van der Waals surface area (Å²) in [6, 6.07) is 19.2. The number of ether oxygens (including phenoxy) is 1. The Kier molecular flexibility index (Phi) is 7.24. The molecule has 2 atom stereocenters. The molecule has 28 heavy (non-hydrogen) atoms. The highest BCUT2D eigenvalue weighted by Crippen LogP contribution is 2.31. The molecular weight excluding hydrogens is 348 g/mol. The van der Waals surface area contributed by atoms with Gasteiger partial charge in [0.1, 0.15) is 0 Å². The van der Waals surface area contributed by atoms with Gasteiger partial charge in [-0.05, 0) is 49.1 Å². The summed E-state index contributed by atoms with van der Waals surface area (Å²) in [5.74, 6) is 0.0343. The number of nitrogens with zero attached hydrogens (tertiary/aromatic N) is 2. The Morgan fingerprint density at radius 2 is 1.79 bits per heavy atom. The smallest absolute Gasteiger partial charge is 0.253 e. The van der Waals surface area contributed by atoms with E-state index in [-0.39, 0.29) is 12.0 Å². The van der Waals surface area contributed by atoms with Gasteiger partial charge in [0, 0.05) is 38.9 Å². The maximum absolute atomic E-state index is 12.1. The highest BCUT2D eigenvalue weighted by molar-refractivity contribution is 5.93. The van der Waals surface area contributed by atoms with Crippen LogP contribution in [0.2, 0.25) is 0 Å². The number of carbonyl (C=O) groups is 1. The molecule has 3 rings (SSSR count). The zero-order valence-electron chi connectivity index (χ0n) is 17.3. The standard InChI is InChI=1S/C24H32N2O2/c1-4-26(16-14-19-8-6-5-7-9-19)22-15-17-28-23(18-22)20-10-12-21(13-11-20)24(27)25(2)3/h5-13,22-23H,4,14-18H2,1-3H3. The van der Waals surface area contributed by atoms with Gasteiger partial charge in [-0.1, -0.05) is 49.4 Å². The number of hydrogen-bond donors (Lipinski definition) is 0. The van der Waals surface area contributed by atoms with Crippen molar-refractivity contribution in [3.63, 3.8) is 0 Å². The Hall–Kier alpha value is -2.17. The number of hydrogen-bond acceptors (Lipinski definition) is 3. The lowest BCUT2D eigenvalue weighted by atomic mass is 9.95. The summed E-state index contributed by atoms with van der Waals surface area (Å²) >= 11 is 0. The molecule has 2 aromatic rings. The molecule has 1 heterocycles. The fourth-order valence-corrected chi connectivity index (χ4v) is 3.96. The van der Waals surface area contributed by atoms with Crippen LogP contribution in [-0.2, 0) is 11.2 Å². The van der Waals surface area contributed by atoms with E-state index in [0.29, 0.717) is 6.04 Å². The Morgan fingerprint density at radius 3 is 2.43 bits per heavy atom. The van der Waals surface area contributed by atoms with E-state index < -0.39 is 0 Å². The van der Waals surface area contributed by atoms with Crippen LogP contribution in [0.25, 0.3) is 0 Å². The number of carbonyl (C=O) groups excluding carboxylic acids is 1. The molecule has 0 spiro atoms. The molecule has 4 nitrogen and oxygen atoms in total. The van der Waals surface area contributed by atoms with E-state index in [1.807, 2.05) is 24.3 Å². The van der Waals surface area contributed by atoms with Crippen molar-refractivity contribution in [3.8, 4) is 0 Å². The van der Waals surface area contributed by atoms with Crippen LogP contribution in [-0.4, -0.2) is 55.5 Å². The molecule has 2 aromatic carbocycles. The van der Waals surface area contributed by atoms with Gasteiger partial charge in [-0.3, -0.25) is 4.79 Å². The van der Waals surface area contributed by atoms with Gasteiger partial charge in [-0.15, -0.1) is 0 Å². The maximum atomic E-state index is 12.1. The summed E-state index contributed by atoms with van der Waals surface area (Å²) in [6.45, 7) is 5.17. The maximum Gasteiger partial charge on any atom is 0.253 e. The Morgan fingerprint density at radius 1 is 1.07 bits per heavy atom. The fraction of sp³-hybridized carbons (Fsp3) is 0.458. The molecule has 1 aliphatic heterocycles. The van der Waals surface area contributed by atoms with Crippen LogP contribution in [0.1, 0.15) is 47.4 Å². The van der Waals surface area contributed by atoms with Crippen molar-refractivity contribution in [1.29, 1.82) is 0 Å². The third kappa shape index (κ3) is 5.21. The van der Waals surface area contributed by atoms with Gasteiger partial charge in [0.05, 0.1) is 6.10 Å². The largest absolute Gasteiger partial charge is 0.373 e. The number of benzene rings is 2. The zero-order chi connectivity index (χ0) is 19.9. The monoisotopic (exact) mass is 380 g/mol. The molecule has 1 amide bonds. The SMILES string of the molecule is CCN(CCc1ccccc1)C1CCOC(c2ccc(C(=O)N(C)C)cc2)C1. The van der Waals surface area contributed by atoms with Crippen LogP contribution in [0, 0.1) is 0 Å². The quantitative estimate of drug-likeness (QED) is 0.723. The van der Waals surface area contributed by atoms with Crippen molar-refractivity contribution in [2.75, 3.05) is 33.8 Å². The van der Waals surface area contributed by atoms with Gasteiger partial charge in [0.2, 0.25) is 0 Å². The molecule has 0 radical (unpaired) electrons. The first kappa shape index (κ1) is 20.6. The second-order valence-corrected chi connectivity index (χ2v) is 7.72. The summed E-state index contributed by atoms with van der Waals surface area (Å²) in [6.07, 6.45) is 3.27. The molecule has 4 heteroatoms. The van der Waals surface area contributed by atoms with E-state index in [1.165, 1.54) is 11.1 Å². The summed E-state index contributed by atoms with van der Waals surface area (Å²) in [4.78, 5) is 16.3. The molecule has 1 aliphatic rings. The first-order valence-electron chi connectivity index (χ1n) is 10.3. The second kappa shape index (κ2) is 9.85. The minimum absolute atomic E-state index is 0.0343. The number of likely N-dealkylation sites (N-methyl/N-ethyl adjacent to an activating group) is 1. The van der Waals surface area contributed by atoms with Gasteiger partial charge < -0.3 is 14.5 Å². The van der Waals surface area contributed by atoms with Crippen molar-refractivity contribution in [2.45, 2.75) is 38.3 Å². The van der Waals surface area contributed by atoms with Crippen LogP contribution < -0.4 is 0 Å². The average molecular weight is 381 g/mol. The number of rotatable bonds is 7. The molecule has 2 unspecified atom stereocenters. The molecule has 0 aliphatic carbocycles. The summed E-state index contributed by atoms with van der Waals surface area (Å²) in [5.41, 5.74) is 3.28. The molecule has 0 aromatic heterocycles. The van der Waals surface area contributed by atoms with E-state index in [0.717, 1.165) is 44.5 Å². The van der Waals surface area contributed by atoms with E-state index in [2.05, 4.69) is 42.2 Å². The van der Waals surface area contributed by atoms with E-state index in [4.69, 9.17) is 4.74 Å². The van der Waals surface area contributed by atoms with Crippen LogP contribution in [0.4, 0.5) is 0 Å². The highest BCUT2D eigenvalue weighted by Gasteiger charge is 2.27. The number of amides is 1. The summed E-state index contributed by atoms with van der Waals surface area (Å²) < 4.78 is 6.08. The minimum Gasteiger partial charge on any atom is -0.373 e. The van der Waals surface area contributed by atoms with Crippen molar-refractivity contribution in [1.82, 2.24) is 9.80 Å². The Balaban J connectivity index is 1.61. The summed E-state index contributed by atoms with van der Waals surface area (Å²) in [7, 11) is 3.56. The van der Waals surface area contributed by atoms with Crippen LogP contribution in [0.5, 0.6) is 0 Å².